The number of rotatable bonds is 12. The van der Waals surface area contributed by atoms with Gasteiger partial charge in [0.05, 0.1) is 23.5 Å². The Labute approximate surface area is 252 Å². The predicted molar refractivity (Wildman–Crippen MR) is 165 cm³/mol. The van der Waals surface area contributed by atoms with Gasteiger partial charge in [0.1, 0.15) is 13.2 Å². The average molecular weight is 671 g/mol. The highest BCUT2D eigenvalue weighted by Crippen LogP contribution is 2.34. The third kappa shape index (κ3) is 8.12. The minimum absolute atomic E-state index is 0.368. The molecule has 0 saturated carbocycles. The van der Waals surface area contributed by atoms with E-state index in [2.05, 4.69) is 33.1 Å². The summed E-state index contributed by atoms with van der Waals surface area (Å²) < 4.78 is 24.0. The molecule has 0 unspecified atom stereocenters. The molecule has 0 aliphatic carbocycles. The van der Waals surface area contributed by atoms with Crippen molar-refractivity contribution in [2.24, 2.45) is 5.10 Å². The summed E-state index contributed by atoms with van der Waals surface area (Å²) >= 11 is 8.14. The lowest BCUT2D eigenvalue weighted by atomic mass is 10.2. The molecule has 0 aromatic heterocycles. The lowest BCUT2D eigenvalue weighted by Gasteiger charge is -2.14. The Morgan fingerprint density at radius 3 is 2.33 bits per heavy atom. The molecular formula is C31H28ClIN2O5. The zero-order valence-corrected chi connectivity index (χ0v) is 24.9. The number of amides is 1. The third-order valence-electron chi connectivity index (χ3n) is 5.67. The van der Waals surface area contributed by atoms with E-state index in [0.717, 1.165) is 20.3 Å². The zero-order valence-electron chi connectivity index (χ0n) is 22.0. The van der Waals surface area contributed by atoms with Crippen molar-refractivity contribution < 1.29 is 23.7 Å². The van der Waals surface area contributed by atoms with E-state index in [9.17, 15) is 4.79 Å². The highest BCUT2D eigenvalue weighted by atomic mass is 127. The maximum absolute atomic E-state index is 12.8. The number of methoxy groups -OCH3 is 1. The molecular weight excluding hydrogens is 643 g/mol. The largest absolute Gasteiger partial charge is 0.493 e. The fourth-order valence-corrected chi connectivity index (χ4v) is 4.60. The van der Waals surface area contributed by atoms with Crippen molar-refractivity contribution in [3.8, 4) is 23.0 Å². The third-order valence-corrected chi connectivity index (χ3v) is 6.72. The van der Waals surface area contributed by atoms with Gasteiger partial charge in [-0.3, -0.25) is 4.79 Å². The monoisotopic (exact) mass is 670 g/mol. The molecule has 4 aromatic rings. The first-order valence-electron chi connectivity index (χ1n) is 12.5. The summed E-state index contributed by atoms with van der Waals surface area (Å²) in [5.74, 6) is 1.85. The van der Waals surface area contributed by atoms with Gasteiger partial charge < -0.3 is 18.9 Å². The number of hydrazone groups is 1. The first-order chi connectivity index (χ1) is 19.5. The van der Waals surface area contributed by atoms with Gasteiger partial charge in [-0.15, -0.1) is 0 Å². The standard InChI is InChI=1S/C31H28ClIN2O5/c1-3-38-28-17-24(11-14-27(28)39-19-21-7-5-4-6-8-21)31(36)35-34-18-23-15-26(33)30(29(16-23)37-2)40-20-22-9-12-25(32)13-10-22/h4-18H,3,19-20H2,1-2H3,(H,35,36)/b34-18+. The minimum Gasteiger partial charge on any atom is -0.493 e. The van der Waals surface area contributed by atoms with Gasteiger partial charge in [0.15, 0.2) is 23.0 Å². The Balaban J connectivity index is 1.40. The van der Waals surface area contributed by atoms with Crippen LogP contribution in [0.4, 0.5) is 0 Å². The Morgan fingerprint density at radius 1 is 0.875 bits per heavy atom. The van der Waals surface area contributed by atoms with E-state index in [4.69, 9.17) is 30.5 Å². The molecule has 0 radical (unpaired) electrons. The predicted octanol–water partition coefficient (Wildman–Crippen LogP) is 7.27. The van der Waals surface area contributed by atoms with Crippen LogP contribution in [0.5, 0.6) is 23.0 Å². The number of carbonyl (C=O) groups is 1. The van der Waals surface area contributed by atoms with Crippen molar-refractivity contribution in [2.45, 2.75) is 20.1 Å². The van der Waals surface area contributed by atoms with Crippen LogP contribution >= 0.6 is 34.2 Å². The molecule has 40 heavy (non-hydrogen) atoms. The maximum atomic E-state index is 12.8. The van der Waals surface area contributed by atoms with E-state index in [1.165, 1.54) is 0 Å². The van der Waals surface area contributed by atoms with Gasteiger partial charge in [0.2, 0.25) is 0 Å². The van der Waals surface area contributed by atoms with E-state index in [1.54, 1.807) is 37.6 Å². The van der Waals surface area contributed by atoms with Crippen LogP contribution in [0.3, 0.4) is 0 Å². The Bertz CT molecular complexity index is 1460. The van der Waals surface area contributed by atoms with Crippen molar-refractivity contribution in [1.82, 2.24) is 5.43 Å². The van der Waals surface area contributed by atoms with E-state index >= 15 is 0 Å². The number of nitrogens with zero attached hydrogens (tertiary/aromatic N) is 1. The van der Waals surface area contributed by atoms with Crippen LogP contribution < -0.4 is 24.4 Å². The fourth-order valence-electron chi connectivity index (χ4n) is 3.69. The van der Waals surface area contributed by atoms with E-state index < -0.39 is 0 Å². The maximum Gasteiger partial charge on any atom is 0.271 e. The molecule has 0 atom stereocenters. The van der Waals surface area contributed by atoms with Gasteiger partial charge in [0.25, 0.3) is 5.91 Å². The van der Waals surface area contributed by atoms with Crippen molar-refractivity contribution in [2.75, 3.05) is 13.7 Å². The van der Waals surface area contributed by atoms with Crippen molar-refractivity contribution >= 4 is 46.3 Å². The number of benzene rings is 4. The highest BCUT2D eigenvalue weighted by molar-refractivity contribution is 14.1. The van der Waals surface area contributed by atoms with Crippen LogP contribution in [0.1, 0.15) is 34.0 Å². The molecule has 206 valence electrons. The molecule has 7 nitrogen and oxygen atoms in total. The highest BCUT2D eigenvalue weighted by Gasteiger charge is 2.13. The minimum atomic E-state index is -0.378. The lowest BCUT2D eigenvalue weighted by Crippen LogP contribution is -2.17. The Morgan fingerprint density at radius 2 is 1.60 bits per heavy atom. The summed E-state index contributed by atoms with van der Waals surface area (Å²) in [5.41, 5.74) is 5.72. The van der Waals surface area contributed by atoms with Crippen LogP contribution in [-0.2, 0) is 13.2 Å². The smallest absolute Gasteiger partial charge is 0.271 e. The Hall–Kier alpha value is -3.76. The summed E-state index contributed by atoms with van der Waals surface area (Å²) in [4.78, 5) is 12.8. The number of hydrogen-bond acceptors (Lipinski definition) is 6. The molecule has 1 amide bonds. The molecule has 0 saturated heterocycles. The van der Waals surface area contributed by atoms with Crippen LogP contribution in [0.25, 0.3) is 0 Å². The number of ether oxygens (including phenoxy) is 4. The SMILES string of the molecule is CCOc1cc(C(=O)N/N=C/c2cc(I)c(OCc3ccc(Cl)cc3)c(OC)c2)ccc1OCc1ccccc1. The number of hydrogen-bond donors (Lipinski definition) is 1. The van der Waals surface area contributed by atoms with Gasteiger partial charge >= 0.3 is 0 Å². The van der Waals surface area contributed by atoms with E-state index in [-0.39, 0.29) is 5.91 Å². The molecule has 0 spiro atoms. The molecule has 0 aliphatic rings. The van der Waals surface area contributed by atoms with Crippen LogP contribution in [0.15, 0.2) is 90.0 Å². The van der Waals surface area contributed by atoms with Crippen LogP contribution in [0, 0.1) is 3.57 Å². The molecule has 9 heteroatoms. The zero-order chi connectivity index (χ0) is 28.3. The van der Waals surface area contributed by atoms with Crippen LogP contribution in [-0.4, -0.2) is 25.8 Å². The van der Waals surface area contributed by atoms with Gasteiger partial charge in [-0.2, -0.15) is 5.10 Å². The molecule has 0 bridgehead atoms. The first kappa shape index (κ1) is 29.2. The molecule has 4 aromatic carbocycles. The number of carbonyl (C=O) groups excluding carboxylic acids is 1. The quantitative estimate of drug-likeness (QED) is 0.0975. The van der Waals surface area contributed by atoms with Crippen molar-refractivity contribution in [3.05, 3.63) is 116 Å². The fraction of sp³-hybridized carbons (Fsp3) is 0.161. The lowest BCUT2D eigenvalue weighted by molar-refractivity contribution is 0.0954. The topological polar surface area (TPSA) is 78.4 Å². The summed E-state index contributed by atoms with van der Waals surface area (Å²) in [7, 11) is 1.58. The van der Waals surface area contributed by atoms with Gasteiger partial charge in [-0.1, -0.05) is 54.1 Å². The van der Waals surface area contributed by atoms with Gasteiger partial charge in [-0.05, 0) is 88.7 Å². The van der Waals surface area contributed by atoms with E-state index in [1.807, 2.05) is 67.6 Å². The summed E-state index contributed by atoms with van der Waals surface area (Å²) in [6, 6.07) is 26.0. The second-order valence-corrected chi connectivity index (χ2v) is 10.1. The van der Waals surface area contributed by atoms with Crippen molar-refractivity contribution in [1.29, 1.82) is 0 Å². The summed E-state index contributed by atoms with van der Waals surface area (Å²) in [6.45, 7) is 3.07. The molecule has 4 rings (SSSR count). The molecule has 0 fully saturated rings. The summed E-state index contributed by atoms with van der Waals surface area (Å²) in [5, 5.41) is 4.80. The van der Waals surface area contributed by atoms with Crippen LogP contribution in [0.2, 0.25) is 5.02 Å². The number of halogens is 2. The van der Waals surface area contributed by atoms with Gasteiger partial charge in [-0.25, -0.2) is 5.43 Å². The average Bonchev–Trinajstić information content (AvgIpc) is 2.97. The second-order valence-electron chi connectivity index (χ2n) is 8.52. The van der Waals surface area contributed by atoms with Gasteiger partial charge in [0, 0.05) is 10.6 Å². The normalized spacial score (nSPS) is 10.8. The van der Waals surface area contributed by atoms with E-state index in [0.29, 0.717) is 53.4 Å². The number of nitrogens with one attached hydrogen (secondary N) is 1. The first-order valence-corrected chi connectivity index (χ1v) is 13.9. The summed E-state index contributed by atoms with van der Waals surface area (Å²) in [6.07, 6.45) is 1.55. The Kier molecular flexibility index (Phi) is 10.7. The van der Waals surface area contributed by atoms with Crippen molar-refractivity contribution in [3.63, 3.8) is 0 Å². The molecule has 1 N–H and O–H groups in total. The molecule has 0 heterocycles. The second kappa shape index (κ2) is 14.6. The molecule has 0 aliphatic heterocycles.